The monoisotopic (exact) mass is 394 g/mol. The molecule has 0 aliphatic heterocycles. The van der Waals surface area contributed by atoms with Gasteiger partial charge in [-0.1, -0.05) is 11.6 Å². The van der Waals surface area contributed by atoms with E-state index in [1.807, 2.05) is 26.8 Å². The van der Waals surface area contributed by atoms with Crippen LogP contribution in [0.25, 0.3) is 11.1 Å². The highest BCUT2D eigenvalue weighted by atomic mass is 19.1. The summed E-state index contributed by atoms with van der Waals surface area (Å²) in [4.78, 5) is 12.2. The topological polar surface area (TPSA) is 62.1 Å². The van der Waals surface area contributed by atoms with Crippen molar-refractivity contribution in [3.63, 3.8) is 0 Å². The fraction of sp³-hybridized carbons (Fsp3) is 0.500. The van der Waals surface area contributed by atoms with Crippen molar-refractivity contribution in [3.05, 3.63) is 45.8 Å². The van der Waals surface area contributed by atoms with Crippen molar-refractivity contribution in [2.75, 3.05) is 0 Å². The number of ether oxygens (including phenoxy) is 1. The van der Waals surface area contributed by atoms with Gasteiger partial charge in [-0.3, -0.25) is 0 Å². The lowest BCUT2D eigenvalue weighted by Gasteiger charge is -2.26. The molecule has 3 aliphatic carbocycles. The molecule has 1 aromatic rings. The van der Waals surface area contributed by atoms with Crippen molar-refractivity contribution in [2.24, 2.45) is 0 Å². The predicted octanol–water partition coefficient (Wildman–Crippen LogP) is 5.65. The van der Waals surface area contributed by atoms with Crippen molar-refractivity contribution in [3.8, 4) is 6.07 Å². The lowest BCUT2D eigenvalue weighted by molar-refractivity contribution is 0.0511. The normalized spacial score (nSPS) is 20.7. The van der Waals surface area contributed by atoms with Crippen LogP contribution in [0.5, 0.6) is 0 Å². The number of hydrogen-bond acceptors (Lipinski definition) is 3. The Balaban J connectivity index is 1.70. The standard InChI is InChI=1S/C24H27FN2O2/c1-24(2,3)29-23(28)27-17-8-4-7-15(10-17)21-20(25)12-16(13-26)19-11-14-6-5-9-18(14)22(19)21/h10,12,17H,4-9,11H2,1-3H3,(H,27,28)/t17-/m0/s1. The Morgan fingerprint density at radius 3 is 2.76 bits per heavy atom. The number of halogens is 1. The van der Waals surface area contributed by atoms with Crippen molar-refractivity contribution >= 4 is 17.2 Å². The fourth-order valence-corrected chi connectivity index (χ4v) is 4.84. The van der Waals surface area contributed by atoms with Crippen LogP contribution < -0.4 is 5.32 Å². The number of benzene rings is 1. The third kappa shape index (κ3) is 3.81. The van der Waals surface area contributed by atoms with Crippen molar-refractivity contribution in [1.29, 1.82) is 5.26 Å². The van der Waals surface area contributed by atoms with Crippen LogP contribution in [-0.4, -0.2) is 17.7 Å². The Bertz CT molecular complexity index is 976. The largest absolute Gasteiger partial charge is 0.444 e. The van der Waals surface area contributed by atoms with Gasteiger partial charge in [0, 0.05) is 5.56 Å². The number of nitriles is 1. The smallest absolute Gasteiger partial charge is 0.408 e. The lowest BCUT2D eigenvalue weighted by atomic mass is 9.84. The Morgan fingerprint density at radius 2 is 2.03 bits per heavy atom. The first-order chi connectivity index (χ1) is 13.8. The number of hydrogen-bond donors (Lipinski definition) is 1. The number of fused-ring (bicyclic) bond motifs is 2. The van der Waals surface area contributed by atoms with Crippen LogP contribution in [0.15, 0.2) is 17.7 Å². The second-order valence-corrected chi connectivity index (χ2v) is 9.20. The number of nitrogens with zero attached hydrogens (tertiary/aromatic N) is 1. The average Bonchev–Trinajstić information content (AvgIpc) is 3.21. The molecule has 29 heavy (non-hydrogen) atoms. The van der Waals surface area contributed by atoms with Gasteiger partial charge < -0.3 is 10.1 Å². The SMILES string of the molecule is CC(C)(C)OC(=O)N[C@@H]1C=C(c2c(F)cc(C#N)c3c2C2=C(CCC2)C3)CCC1. The van der Waals surface area contributed by atoms with Gasteiger partial charge in [0.15, 0.2) is 0 Å². The highest BCUT2D eigenvalue weighted by Crippen LogP contribution is 2.48. The van der Waals surface area contributed by atoms with E-state index in [9.17, 15) is 10.1 Å². The summed E-state index contributed by atoms with van der Waals surface area (Å²) in [6, 6.07) is 3.39. The van der Waals surface area contributed by atoms with Gasteiger partial charge in [0.05, 0.1) is 17.7 Å². The predicted molar refractivity (Wildman–Crippen MR) is 111 cm³/mol. The average molecular weight is 394 g/mol. The molecule has 1 amide bonds. The van der Waals surface area contributed by atoms with Crippen LogP contribution in [0.2, 0.25) is 0 Å². The van der Waals surface area contributed by atoms with Crippen LogP contribution in [0, 0.1) is 17.1 Å². The molecular weight excluding hydrogens is 367 g/mol. The highest BCUT2D eigenvalue weighted by molar-refractivity contribution is 5.89. The van der Waals surface area contributed by atoms with Gasteiger partial charge in [-0.15, -0.1) is 0 Å². The Labute approximate surface area is 171 Å². The number of rotatable bonds is 2. The molecule has 5 heteroatoms. The maximum Gasteiger partial charge on any atom is 0.408 e. The molecule has 0 aromatic heterocycles. The van der Waals surface area contributed by atoms with Crippen molar-refractivity contribution in [2.45, 2.75) is 77.4 Å². The molecule has 1 aromatic carbocycles. The Morgan fingerprint density at radius 1 is 1.24 bits per heavy atom. The summed E-state index contributed by atoms with van der Waals surface area (Å²) in [5, 5.41) is 12.4. The molecule has 4 rings (SSSR count). The molecule has 0 fully saturated rings. The summed E-state index contributed by atoms with van der Waals surface area (Å²) in [6.07, 6.45) is 7.83. The summed E-state index contributed by atoms with van der Waals surface area (Å²) in [5.41, 5.74) is 6.01. The summed E-state index contributed by atoms with van der Waals surface area (Å²) in [5.74, 6) is -0.329. The summed E-state index contributed by atoms with van der Waals surface area (Å²) in [6.45, 7) is 5.49. The Kier molecular flexibility index (Phi) is 4.98. The molecule has 0 heterocycles. The lowest BCUT2D eigenvalue weighted by Crippen LogP contribution is -2.39. The van der Waals surface area contributed by atoms with E-state index in [0.29, 0.717) is 11.1 Å². The molecule has 4 nitrogen and oxygen atoms in total. The number of alkyl carbamates (subject to hydrolysis) is 1. The van der Waals surface area contributed by atoms with E-state index >= 15 is 4.39 Å². The molecular formula is C24H27FN2O2. The van der Waals surface area contributed by atoms with Crippen LogP contribution in [-0.2, 0) is 11.2 Å². The van der Waals surface area contributed by atoms with Crippen LogP contribution in [0.4, 0.5) is 9.18 Å². The zero-order valence-electron chi connectivity index (χ0n) is 17.3. The number of allylic oxidation sites excluding steroid dienone is 3. The second-order valence-electron chi connectivity index (χ2n) is 9.20. The van der Waals surface area contributed by atoms with Gasteiger partial charge in [-0.05, 0) is 94.1 Å². The molecule has 0 saturated heterocycles. The maximum atomic E-state index is 15.2. The maximum absolute atomic E-state index is 15.2. The first-order valence-electron chi connectivity index (χ1n) is 10.4. The van der Waals surface area contributed by atoms with Crippen LogP contribution in [0.3, 0.4) is 0 Å². The summed E-state index contributed by atoms with van der Waals surface area (Å²) in [7, 11) is 0. The van der Waals surface area contributed by atoms with E-state index in [1.54, 1.807) is 0 Å². The molecule has 152 valence electrons. The second kappa shape index (κ2) is 7.33. The first kappa shape index (κ1) is 19.7. The van der Waals surface area contributed by atoms with E-state index in [-0.39, 0.29) is 11.9 Å². The van der Waals surface area contributed by atoms with Gasteiger partial charge in [-0.25, -0.2) is 9.18 Å². The zero-order chi connectivity index (χ0) is 20.8. The molecule has 0 radical (unpaired) electrons. The third-order valence-corrected chi connectivity index (χ3v) is 5.92. The van der Waals surface area contributed by atoms with Crippen molar-refractivity contribution in [1.82, 2.24) is 5.32 Å². The van der Waals surface area contributed by atoms with Gasteiger partial charge in [0.2, 0.25) is 0 Å². The van der Waals surface area contributed by atoms with E-state index in [2.05, 4.69) is 11.4 Å². The summed E-state index contributed by atoms with van der Waals surface area (Å²) < 4.78 is 20.6. The van der Waals surface area contributed by atoms with Crippen molar-refractivity contribution < 1.29 is 13.9 Å². The van der Waals surface area contributed by atoms with Gasteiger partial charge in [0.1, 0.15) is 11.4 Å². The van der Waals surface area contributed by atoms with Gasteiger partial charge in [0.25, 0.3) is 0 Å². The van der Waals surface area contributed by atoms with E-state index in [4.69, 9.17) is 4.74 Å². The molecule has 0 unspecified atom stereocenters. The van der Waals surface area contributed by atoms with Gasteiger partial charge >= 0.3 is 6.09 Å². The number of carbonyl (C=O) groups is 1. The minimum atomic E-state index is -0.559. The van der Waals surface area contributed by atoms with E-state index in [0.717, 1.165) is 61.6 Å². The molecule has 1 N–H and O–H groups in total. The molecule has 0 bridgehead atoms. The quantitative estimate of drug-likeness (QED) is 0.705. The highest BCUT2D eigenvalue weighted by Gasteiger charge is 2.33. The van der Waals surface area contributed by atoms with Crippen LogP contribution >= 0.6 is 0 Å². The molecule has 3 aliphatic rings. The summed E-state index contributed by atoms with van der Waals surface area (Å²) >= 11 is 0. The number of amides is 1. The van der Waals surface area contributed by atoms with Gasteiger partial charge in [-0.2, -0.15) is 5.26 Å². The van der Waals surface area contributed by atoms with E-state index in [1.165, 1.54) is 17.2 Å². The first-order valence-corrected chi connectivity index (χ1v) is 10.4. The minimum absolute atomic E-state index is 0.183. The number of carbonyl (C=O) groups excluding carboxylic acids is 1. The molecule has 0 saturated carbocycles. The number of nitrogens with one attached hydrogen (secondary N) is 1. The van der Waals surface area contributed by atoms with Crippen LogP contribution in [0.1, 0.15) is 81.5 Å². The molecule has 1 atom stereocenters. The minimum Gasteiger partial charge on any atom is -0.444 e. The Hall–Kier alpha value is -2.61. The zero-order valence-corrected chi connectivity index (χ0v) is 17.3. The fourth-order valence-electron chi connectivity index (χ4n) is 4.84. The molecule has 0 spiro atoms. The third-order valence-electron chi connectivity index (χ3n) is 5.92. The van der Waals surface area contributed by atoms with E-state index < -0.39 is 11.7 Å².